The minimum atomic E-state index is -0.246. The van der Waals surface area contributed by atoms with Gasteiger partial charge in [0.05, 0.1) is 17.3 Å². The Kier molecular flexibility index (Phi) is 6.57. The van der Waals surface area contributed by atoms with E-state index in [1.54, 1.807) is 36.1 Å². The second kappa shape index (κ2) is 10.1. The molecule has 2 aromatic heterocycles. The molecule has 1 fully saturated rings. The molecule has 0 radical (unpaired) electrons. The molecular weight excluding hydrogens is 438 g/mol. The van der Waals surface area contributed by atoms with E-state index in [0.717, 1.165) is 44.3 Å². The zero-order chi connectivity index (χ0) is 24.2. The second-order valence-corrected chi connectivity index (χ2v) is 9.22. The van der Waals surface area contributed by atoms with Gasteiger partial charge in [-0.3, -0.25) is 19.3 Å². The maximum atomic E-state index is 13.3. The first kappa shape index (κ1) is 22.8. The molecule has 3 heterocycles. The third-order valence-electron chi connectivity index (χ3n) is 6.72. The molecule has 178 valence electrons. The number of carbonyl (C=O) groups is 2. The number of rotatable bonds is 5. The first-order chi connectivity index (χ1) is 17.1. The van der Waals surface area contributed by atoms with Crippen molar-refractivity contribution in [1.82, 2.24) is 19.7 Å². The Morgan fingerprint density at radius 3 is 2.77 bits per heavy atom. The quantitative estimate of drug-likeness (QED) is 0.461. The van der Waals surface area contributed by atoms with Gasteiger partial charge in [-0.25, -0.2) is 0 Å². The molecule has 0 bridgehead atoms. The van der Waals surface area contributed by atoms with Crippen LogP contribution < -0.4 is 5.32 Å². The number of nitrogens with one attached hydrogen (secondary N) is 1. The number of para-hydroxylation sites is 1. The molecule has 2 amide bonds. The Morgan fingerprint density at radius 1 is 1.03 bits per heavy atom. The van der Waals surface area contributed by atoms with Crippen LogP contribution in [-0.2, 0) is 13.5 Å². The maximum Gasteiger partial charge on any atom is 0.258 e. The van der Waals surface area contributed by atoms with Crippen LogP contribution in [0.25, 0.3) is 10.9 Å². The second-order valence-electron chi connectivity index (χ2n) is 9.22. The number of benzene rings is 2. The highest BCUT2D eigenvalue weighted by atomic mass is 16.2. The summed E-state index contributed by atoms with van der Waals surface area (Å²) < 4.78 is 1.58. The van der Waals surface area contributed by atoms with Crippen molar-refractivity contribution >= 4 is 28.4 Å². The van der Waals surface area contributed by atoms with Crippen LogP contribution in [0.15, 0.2) is 73.2 Å². The molecule has 0 aliphatic carbocycles. The summed E-state index contributed by atoms with van der Waals surface area (Å²) in [5, 5.41) is 8.12. The minimum Gasteiger partial charge on any atom is -0.339 e. The number of pyridine rings is 1. The van der Waals surface area contributed by atoms with Crippen LogP contribution in [0.2, 0.25) is 0 Å². The number of amides is 2. The number of aryl methyl sites for hydroxylation is 1. The van der Waals surface area contributed by atoms with E-state index in [0.29, 0.717) is 22.7 Å². The van der Waals surface area contributed by atoms with Gasteiger partial charge in [0.25, 0.3) is 11.8 Å². The van der Waals surface area contributed by atoms with Gasteiger partial charge in [0.15, 0.2) is 0 Å². The lowest BCUT2D eigenvalue weighted by Crippen LogP contribution is -2.32. The number of hydrogen-bond acceptors (Lipinski definition) is 4. The molecule has 0 saturated carbocycles. The number of nitrogens with zero attached hydrogens (tertiary/aromatic N) is 4. The van der Waals surface area contributed by atoms with Crippen LogP contribution in [0.4, 0.5) is 5.69 Å². The van der Waals surface area contributed by atoms with E-state index in [4.69, 9.17) is 0 Å². The maximum absolute atomic E-state index is 13.3. The van der Waals surface area contributed by atoms with Crippen molar-refractivity contribution in [2.75, 3.05) is 18.4 Å². The minimum absolute atomic E-state index is 0.0116. The fourth-order valence-electron chi connectivity index (χ4n) is 4.87. The van der Waals surface area contributed by atoms with E-state index < -0.39 is 0 Å². The number of hydrogen-bond donors (Lipinski definition) is 1. The largest absolute Gasteiger partial charge is 0.339 e. The Bertz CT molecular complexity index is 1360. The van der Waals surface area contributed by atoms with Crippen LogP contribution in [0.1, 0.15) is 45.5 Å². The number of fused-ring (bicyclic) bond motifs is 1. The van der Waals surface area contributed by atoms with Crippen molar-refractivity contribution in [2.45, 2.75) is 25.7 Å². The predicted molar refractivity (Wildman–Crippen MR) is 136 cm³/mol. The van der Waals surface area contributed by atoms with E-state index in [-0.39, 0.29) is 11.8 Å². The third kappa shape index (κ3) is 5.24. The standard InChI is InChI=1S/C28H29N5O2/c1-32-19-23(18-30-32)27(34)31-24-8-4-7-22(17-24)28(35)33-14-5-6-20(12-15-33)16-21-11-13-29-26-10-3-2-9-25(21)26/h2-4,7-11,13,17-20H,5-6,12,14-16H2,1H3,(H,31,34). The fraction of sp³-hybridized carbons (Fsp3) is 0.286. The summed E-state index contributed by atoms with van der Waals surface area (Å²) in [4.78, 5) is 32.2. The number of anilines is 1. The lowest BCUT2D eigenvalue weighted by Gasteiger charge is -2.21. The molecule has 1 aliphatic rings. The first-order valence-electron chi connectivity index (χ1n) is 12.1. The van der Waals surface area contributed by atoms with Gasteiger partial charge in [0.1, 0.15) is 0 Å². The molecule has 1 atom stereocenters. The molecule has 1 aliphatic heterocycles. The molecule has 7 heteroatoms. The van der Waals surface area contributed by atoms with Crippen molar-refractivity contribution in [3.8, 4) is 0 Å². The summed E-state index contributed by atoms with van der Waals surface area (Å²) in [5.41, 5.74) is 4.03. The molecule has 35 heavy (non-hydrogen) atoms. The summed E-state index contributed by atoms with van der Waals surface area (Å²) >= 11 is 0. The summed E-state index contributed by atoms with van der Waals surface area (Å²) in [5.74, 6) is 0.296. The summed E-state index contributed by atoms with van der Waals surface area (Å²) in [6, 6.07) is 17.6. The topological polar surface area (TPSA) is 80.1 Å². The van der Waals surface area contributed by atoms with Crippen LogP contribution in [0.3, 0.4) is 0 Å². The highest BCUT2D eigenvalue weighted by molar-refractivity contribution is 6.04. The van der Waals surface area contributed by atoms with Gasteiger partial charge in [-0.15, -0.1) is 0 Å². The molecule has 0 spiro atoms. The van der Waals surface area contributed by atoms with Crippen molar-refractivity contribution in [2.24, 2.45) is 13.0 Å². The van der Waals surface area contributed by atoms with E-state index in [9.17, 15) is 9.59 Å². The highest BCUT2D eigenvalue weighted by Gasteiger charge is 2.23. The van der Waals surface area contributed by atoms with Crippen LogP contribution in [-0.4, -0.2) is 44.6 Å². The van der Waals surface area contributed by atoms with Crippen molar-refractivity contribution in [1.29, 1.82) is 0 Å². The third-order valence-corrected chi connectivity index (χ3v) is 6.72. The van der Waals surface area contributed by atoms with Gasteiger partial charge in [-0.1, -0.05) is 24.3 Å². The van der Waals surface area contributed by atoms with Gasteiger partial charge in [-0.05, 0) is 67.5 Å². The summed E-state index contributed by atoms with van der Waals surface area (Å²) in [6.07, 6.45) is 9.13. The van der Waals surface area contributed by atoms with E-state index in [1.165, 1.54) is 17.1 Å². The van der Waals surface area contributed by atoms with Gasteiger partial charge in [0.2, 0.25) is 0 Å². The van der Waals surface area contributed by atoms with Crippen LogP contribution in [0, 0.1) is 5.92 Å². The predicted octanol–water partition coefficient (Wildman–Crippen LogP) is 4.71. The molecule has 1 N–H and O–H groups in total. The number of aromatic nitrogens is 3. The average molecular weight is 468 g/mol. The van der Waals surface area contributed by atoms with Gasteiger partial charge >= 0.3 is 0 Å². The van der Waals surface area contributed by atoms with E-state index in [1.807, 2.05) is 23.2 Å². The van der Waals surface area contributed by atoms with Gasteiger partial charge in [0, 0.05) is 49.2 Å². The summed E-state index contributed by atoms with van der Waals surface area (Å²) in [7, 11) is 1.76. The molecule has 1 unspecified atom stereocenters. The Labute approximate surface area is 204 Å². The smallest absolute Gasteiger partial charge is 0.258 e. The SMILES string of the molecule is Cn1cc(C(=O)Nc2cccc(C(=O)N3CCCC(Cc4ccnc5ccccc45)CC3)c2)cn1. The van der Waals surface area contributed by atoms with E-state index in [2.05, 4.69) is 39.7 Å². The fourth-order valence-corrected chi connectivity index (χ4v) is 4.87. The normalized spacial score (nSPS) is 16.1. The van der Waals surface area contributed by atoms with Crippen LogP contribution in [0.5, 0.6) is 0 Å². The summed E-state index contributed by atoms with van der Waals surface area (Å²) in [6.45, 7) is 1.48. The van der Waals surface area contributed by atoms with Crippen molar-refractivity contribution in [3.63, 3.8) is 0 Å². The molecule has 5 rings (SSSR count). The van der Waals surface area contributed by atoms with Crippen LogP contribution >= 0.6 is 0 Å². The highest BCUT2D eigenvalue weighted by Crippen LogP contribution is 2.26. The Hall–Kier alpha value is -4.00. The van der Waals surface area contributed by atoms with Crippen molar-refractivity contribution < 1.29 is 9.59 Å². The first-order valence-corrected chi connectivity index (χ1v) is 12.1. The molecule has 1 saturated heterocycles. The van der Waals surface area contributed by atoms with Gasteiger partial charge < -0.3 is 10.2 Å². The lowest BCUT2D eigenvalue weighted by molar-refractivity contribution is 0.0759. The number of likely N-dealkylation sites (tertiary alicyclic amines) is 1. The lowest BCUT2D eigenvalue weighted by atomic mass is 9.91. The molecule has 7 nitrogen and oxygen atoms in total. The monoisotopic (exact) mass is 467 g/mol. The number of carbonyl (C=O) groups excluding carboxylic acids is 2. The van der Waals surface area contributed by atoms with Crippen molar-refractivity contribution in [3.05, 3.63) is 89.9 Å². The zero-order valence-electron chi connectivity index (χ0n) is 19.9. The molecule has 2 aromatic carbocycles. The zero-order valence-corrected chi connectivity index (χ0v) is 19.9. The molecule has 4 aromatic rings. The Morgan fingerprint density at radius 2 is 1.91 bits per heavy atom. The van der Waals surface area contributed by atoms with E-state index >= 15 is 0 Å². The Balaban J connectivity index is 1.23. The average Bonchev–Trinajstić information content (AvgIpc) is 3.18. The molecular formula is C28H29N5O2. The van der Waals surface area contributed by atoms with Gasteiger partial charge in [-0.2, -0.15) is 5.10 Å².